The van der Waals surface area contributed by atoms with Gasteiger partial charge in [0.1, 0.15) is 11.4 Å². The highest BCUT2D eigenvalue weighted by atomic mass is 35.5. The van der Waals surface area contributed by atoms with Crippen molar-refractivity contribution in [2.45, 2.75) is 69.7 Å². The largest absolute Gasteiger partial charge is 0.486 e. The molecule has 1 aromatic carbocycles. The van der Waals surface area contributed by atoms with Gasteiger partial charge in [0, 0.05) is 35.7 Å². The van der Waals surface area contributed by atoms with E-state index < -0.39 is 0 Å². The minimum atomic E-state index is -0.256. The lowest BCUT2D eigenvalue weighted by Crippen LogP contribution is -2.48. The standard InChI is InChI=1S/C19H25ClN2O2/c1-19(2)10-12-6-11(7-16(20)17(12)24-19)18(23)21-13-8-14-4-5-15(9-13)22(14)3/h6-7,13-15H,4-5,8-10H2,1-3H3,(H,21,23). The van der Waals surface area contributed by atoms with E-state index in [1.165, 1.54) is 12.8 Å². The number of rotatable bonds is 2. The Morgan fingerprint density at radius 2 is 1.96 bits per heavy atom. The van der Waals surface area contributed by atoms with Crippen molar-refractivity contribution in [1.82, 2.24) is 10.2 Å². The molecule has 3 aliphatic heterocycles. The van der Waals surface area contributed by atoms with Crippen molar-refractivity contribution in [2.24, 2.45) is 0 Å². The molecule has 0 aromatic heterocycles. The molecule has 3 aliphatic rings. The zero-order chi connectivity index (χ0) is 17.1. The van der Waals surface area contributed by atoms with Gasteiger partial charge in [0.05, 0.1) is 5.02 Å². The molecule has 5 heteroatoms. The van der Waals surface area contributed by atoms with Crippen molar-refractivity contribution in [3.63, 3.8) is 0 Å². The van der Waals surface area contributed by atoms with E-state index in [-0.39, 0.29) is 17.6 Å². The fourth-order valence-corrected chi connectivity index (χ4v) is 4.87. The van der Waals surface area contributed by atoms with E-state index in [9.17, 15) is 4.79 Å². The van der Waals surface area contributed by atoms with Gasteiger partial charge in [-0.05, 0) is 58.7 Å². The van der Waals surface area contributed by atoms with E-state index >= 15 is 0 Å². The molecule has 2 unspecified atom stereocenters. The van der Waals surface area contributed by atoms with Crippen LogP contribution in [0.2, 0.25) is 5.02 Å². The topological polar surface area (TPSA) is 41.6 Å². The van der Waals surface area contributed by atoms with E-state index in [0.717, 1.165) is 30.6 Å². The maximum Gasteiger partial charge on any atom is 0.251 e. The number of hydrogen-bond donors (Lipinski definition) is 1. The second-order valence-corrected chi connectivity index (χ2v) is 8.58. The number of fused-ring (bicyclic) bond motifs is 3. The summed E-state index contributed by atoms with van der Waals surface area (Å²) < 4.78 is 5.89. The Bertz CT molecular complexity index is 674. The Labute approximate surface area is 148 Å². The first kappa shape index (κ1) is 16.2. The number of amides is 1. The Morgan fingerprint density at radius 3 is 2.62 bits per heavy atom. The van der Waals surface area contributed by atoms with Crippen LogP contribution >= 0.6 is 11.6 Å². The summed E-state index contributed by atoms with van der Waals surface area (Å²) in [6.07, 6.45) is 5.39. The van der Waals surface area contributed by atoms with Crippen LogP contribution in [0.15, 0.2) is 12.1 Å². The van der Waals surface area contributed by atoms with Crippen molar-refractivity contribution in [2.75, 3.05) is 7.05 Å². The van der Waals surface area contributed by atoms with Crippen molar-refractivity contribution in [1.29, 1.82) is 0 Å². The molecule has 2 saturated heterocycles. The fraction of sp³-hybridized carbons (Fsp3) is 0.632. The molecule has 1 amide bonds. The van der Waals surface area contributed by atoms with Crippen LogP contribution in [-0.4, -0.2) is 41.6 Å². The first-order valence-corrected chi connectivity index (χ1v) is 9.24. The highest BCUT2D eigenvalue weighted by Gasteiger charge is 2.39. The van der Waals surface area contributed by atoms with Crippen LogP contribution < -0.4 is 10.1 Å². The predicted octanol–water partition coefficient (Wildman–Crippen LogP) is 3.41. The van der Waals surface area contributed by atoms with E-state index in [2.05, 4.69) is 17.3 Å². The molecule has 24 heavy (non-hydrogen) atoms. The average Bonchev–Trinajstić information content (AvgIpc) is 2.90. The SMILES string of the molecule is CN1C2CCC1CC(NC(=O)c1cc(Cl)c3c(c1)CC(C)(C)O3)C2. The molecule has 2 atom stereocenters. The summed E-state index contributed by atoms with van der Waals surface area (Å²) in [5, 5.41) is 3.76. The first-order chi connectivity index (χ1) is 11.3. The van der Waals surface area contributed by atoms with Gasteiger partial charge in [-0.25, -0.2) is 0 Å². The lowest BCUT2D eigenvalue weighted by atomic mass is 9.97. The van der Waals surface area contributed by atoms with Crippen LogP contribution in [-0.2, 0) is 6.42 Å². The van der Waals surface area contributed by atoms with Crippen LogP contribution in [0.25, 0.3) is 0 Å². The van der Waals surface area contributed by atoms with Gasteiger partial charge < -0.3 is 15.0 Å². The summed E-state index contributed by atoms with van der Waals surface area (Å²) in [5.41, 5.74) is 1.42. The number of carbonyl (C=O) groups excluding carboxylic acids is 1. The van der Waals surface area contributed by atoms with Gasteiger partial charge in [-0.3, -0.25) is 4.79 Å². The Kier molecular flexibility index (Phi) is 3.81. The number of carbonyl (C=O) groups is 1. The zero-order valence-corrected chi connectivity index (χ0v) is 15.3. The number of piperidine rings is 1. The third-order valence-electron chi connectivity index (χ3n) is 5.81. The molecule has 130 valence electrons. The van der Waals surface area contributed by atoms with Crippen LogP contribution in [0.4, 0.5) is 0 Å². The van der Waals surface area contributed by atoms with Crippen LogP contribution in [0.3, 0.4) is 0 Å². The first-order valence-electron chi connectivity index (χ1n) is 8.86. The molecule has 1 aromatic rings. The molecular formula is C19H25ClN2O2. The second-order valence-electron chi connectivity index (χ2n) is 8.18. The van der Waals surface area contributed by atoms with Gasteiger partial charge in [0.25, 0.3) is 5.91 Å². The highest BCUT2D eigenvalue weighted by molar-refractivity contribution is 6.32. The summed E-state index contributed by atoms with van der Waals surface area (Å²) in [4.78, 5) is 15.2. The molecule has 1 N–H and O–H groups in total. The Balaban J connectivity index is 1.49. The van der Waals surface area contributed by atoms with Gasteiger partial charge in [-0.2, -0.15) is 0 Å². The van der Waals surface area contributed by atoms with Gasteiger partial charge >= 0.3 is 0 Å². The number of benzene rings is 1. The molecule has 2 fully saturated rings. The highest BCUT2D eigenvalue weighted by Crippen LogP contribution is 2.41. The summed E-state index contributed by atoms with van der Waals surface area (Å²) in [5.74, 6) is 0.717. The minimum absolute atomic E-state index is 0.0154. The third-order valence-corrected chi connectivity index (χ3v) is 6.09. The van der Waals surface area contributed by atoms with E-state index in [1.54, 1.807) is 6.07 Å². The van der Waals surface area contributed by atoms with Crippen LogP contribution in [0, 0.1) is 0 Å². The molecule has 0 saturated carbocycles. The molecule has 3 heterocycles. The Morgan fingerprint density at radius 1 is 1.29 bits per heavy atom. The summed E-state index contributed by atoms with van der Waals surface area (Å²) in [7, 11) is 2.21. The van der Waals surface area contributed by atoms with E-state index in [1.807, 2.05) is 19.9 Å². The lowest BCUT2D eigenvalue weighted by Gasteiger charge is -2.36. The van der Waals surface area contributed by atoms with E-state index in [0.29, 0.717) is 22.7 Å². The van der Waals surface area contributed by atoms with Gasteiger partial charge in [-0.1, -0.05) is 11.6 Å². The number of hydrogen-bond acceptors (Lipinski definition) is 3. The lowest BCUT2D eigenvalue weighted by molar-refractivity contribution is 0.0882. The minimum Gasteiger partial charge on any atom is -0.486 e. The van der Waals surface area contributed by atoms with Crippen LogP contribution in [0.5, 0.6) is 5.75 Å². The molecule has 0 aliphatic carbocycles. The van der Waals surface area contributed by atoms with Crippen molar-refractivity contribution < 1.29 is 9.53 Å². The van der Waals surface area contributed by atoms with Gasteiger partial charge in [0.2, 0.25) is 0 Å². The fourth-order valence-electron chi connectivity index (χ4n) is 4.60. The quantitative estimate of drug-likeness (QED) is 0.890. The number of halogens is 1. The molecule has 4 rings (SSSR count). The normalized spacial score (nSPS) is 30.8. The maximum absolute atomic E-state index is 12.7. The van der Waals surface area contributed by atoms with Gasteiger partial charge in [-0.15, -0.1) is 0 Å². The molecule has 0 spiro atoms. The smallest absolute Gasteiger partial charge is 0.251 e. The predicted molar refractivity (Wildman–Crippen MR) is 94.9 cm³/mol. The van der Waals surface area contributed by atoms with E-state index in [4.69, 9.17) is 16.3 Å². The summed E-state index contributed by atoms with van der Waals surface area (Å²) in [6.45, 7) is 4.08. The third kappa shape index (κ3) is 2.80. The van der Waals surface area contributed by atoms with Crippen LogP contribution in [0.1, 0.15) is 55.5 Å². The number of nitrogens with one attached hydrogen (secondary N) is 1. The van der Waals surface area contributed by atoms with Crippen molar-refractivity contribution in [3.8, 4) is 5.75 Å². The van der Waals surface area contributed by atoms with Crippen molar-refractivity contribution in [3.05, 3.63) is 28.3 Å². The second kappa shape index (κ2) is 5.63. The van der Waals surface area contributed by atoms with Gasteiger partial charge in [0.15, 0.2) is 0 Å². The monoisotopic (exact) mass is 348 g/mol. The Hall–Kier alpha value is -1.26. The molecule has 4 nitrogen and oxygen atoms in total. The summed E-state index contributed by atoms with van der Waals surface area (Å²) in [6, 6.07) is 5.18. The molecular weight excluding hydrogens is 324 g/mol. The number of ether oxygens (including phenoxy) is 1. The molecule has 0 radical (unpaired) electrons. The maximum atomic E-state index is 12.7. The zero-order valence-electron chi connectivity index (χ0n) is 14.6. The number of nitrogens with zero attached hydrogens (tertiary/aromatic N) is 1. The summed E-state index contributed by atoms with van der Waals surface area (Å²) >= 11 is 6.35. The molecule has 2 bridgehead atoms. The van der Waals surface area contributed by atoms with Crippen molar-refractivity contribution >= 4 is 17.5 Å². The average molecular weight is 349 g/mol.